The molecule has 0 fully saturated rings. The van der Waals surface area contributed by atoms with Crippen molar-refractivity contribution in [3.8, 4) is 0 Å². The molecule has 0 aliphatic rings. The van der Waals surface area contributed by atoms with Gasteiger partial charge in [0.25, 0.3) is 0 Å². The lowest BCUT2D eigenvalue weighted by Crippen LogP contribution is -2.18. The molecule has 0 aromatic heterocycles. The van der Waals surface area contributed by atoms with Crippen molar-refractivity contribution >= 4 is 11.6 Å². The van der Waals surface area contributed by atoms with E-state index in [-0.39, 0.29) is 0 Å². The number of rotatable bonds is 4. The molecule has 2 aromatic carbocycles. The predicted molar refractivity (Wildman–Crippen MR) is 82.6 cm³/mol. The third-order valence-electron chi connectivity index (χ3n) is 3.38. The average molecular weight is 274 g/mol. The summed E-state index contributed by atoms with van der Waals surface area (Å²) >= 11 is 6.24. The van der Waals surface area contributed by atoms with E-state index < -0.39 is 0 Å². The largest absolute Gasteiger partial charge is 0.306 e. The summed E-state index contributed by atoms with van der Waals surface area (Å²) in [6.45, 7) is 7.12. The van der Waals surface area contributed by atoms with Crippen molar-refractivity contribution in [1.82, 2.24) is 5.32 Å². The fourth-order valence-corrected chi connectivity index (χ4v) is 2.33. The van der Waals surface area contributed by atoms with Crippen LogP contribution >= 0.6 is 11.6 Å². The number of benzene rings is 2. The van der Waals surface area contributed by atoms with E-state index in [0.29, 0.717) is 6.04 Å². The molecule has 1 nitrogen and oxygen atoms in total. The zero-order valence-corrected chi connectivity index (χ0v) is 12.5. The summed E-state index contributed by atoms with van der Waals surface area (Å²) in [5.74, 6) is 0. The fraction of sp³-hybridized carbons (Fsp3) is 0.294. The molecule has 100 valence electrons. The highest BCUT2D eigenvalue weighted by Gasteiger charge is 2.06. The maximum absolute atomic E-state index is 6.24. The highest BCUT2D eigenvalue weighted by atomic mass is 35.5. The van der Waals surface area contributed by atoms with Crippen LogP contribution in [0.4, 0.5) is 0 Å². The van der Waals surface area contributed by atoms with Crippen LogP contribution in [0.3, 0.4) is 0 Å². The molecule has 2 aromatic rings. The molecule has 0 unspecified atom stereocenters. The molecule has 0 radical (unpaired) electrons. The smallest absolute Gasteiger partial charge is 0.0453 e. The summed E-state index contributed by atoms with van der Waals surface area (Å²) in [5, 5.41) is 4.35. The van der Waals surface area contributed by atoms with E-state index in [9.17, 15) is 0 Å². The topological polar surface area (TPSA) is 12.0 Å². The fourth-order valence-electron chi connectivity index (χ4n) is 2.03. The van der Waals surface area contributed by atoms with Crippen LogP contribution in [0.1, 0.15) is 35.2 Å². The molecular formula is C17H20ClN. The molecular weight excluding hydrogens is 254 g/mol. The first-order chi connectivity index (χ1) is 9.06. The first-order valence-corrected chi connectivity index (χ1v) is 6.99. The van der Waals surface area contributed by atoms with Gasteiger partial charge in [0.2, 0.25) is 0 Å². The van der Waals surface area contributed by atoms with E-state index in [1.807, 2.05) is 6.07 Å². The molecule has 2 heteroatoms. The Kier molecular flexibility index (Phi) is 4.62. The van der Waals surface area contributed by atoms with Crippen LogP contribution in [0, 0.1) is 13.8 Å². The second-order valence-electron chi connectivity index (χ2n) is 5.11. The second kappa shape index (κ2) is 6.23. The van der Waals surface area contributed by atoms with Gasteiger partial charge in [-0.25, -0.2) is 0 Å². The van der Waals surface area contributed by atoms with Crippen molar-refractivity contribution in [3.63, 3.8) is 0 Å². The Morgan fingerprint density at radius 2 is 1.63 bits per heavy atom. The standard InChI is InChI=1S/C17H20ClN/c1-12-4-7-15(8-5-12)14(3)19-11-16-9-6-13(2)10-17(16)18/h4-10,14,19H,11H2,1-3H3/t14-/m0/s1. The third kappa shape index (κ3) is 3.82. The SMILES string of the molecule is Cc1ccc([C@H](C)NCc2ccc(C)cc2Cl)cc1. The molecule has 0 aliphatic carbocycles. The van der Waals surface area contributed by atoms with Gasteiger partial charge in [-0.3, -0.25) is 0 Å². The van der Waals surface area contributed by atoms with E-state index in [2.05, 4.69) is 62.5 Å². The maximum Gasteiger partial charge on any atom is 0.0453 e. The van der Waals surface area contributed by atoms with Crippen LogP contribution in [0.15, 0.2) is 42.5 Å². The minimum absolute atomic E-state index is 0.318. The van der Waals surface area contributed by atoms with Crippen LogP contribution in [-0.2, 0) is 6.54 Å². The van der Waals surface area contributed by atoms with Gasteiger partial charge in [-0.05, 0) is 43.5 Å². The number of aryl methyl sites for hydroxylation is 2. The van der Waals surface area contributed by atoms with Crippen LogP contribution in [-0.4, -0.2) is 0 Å². The van der Waals surface area contributed by atoms with Crippen molar-refractivity contribution in [2.75, 3.05) is 0 Å². The molecule has 19 heavy (non-hydrogen) atoms. The van der Waals surface area contributed by atoms with Gasteiger partial charge in [0, 0.05) is 17.6 Å². The molecule has 0 spiro atoms. The molecule has 0 bridgehead atoms. The van der Waals surface area contributed by atoms with E-state index in [4.69, 9.17) is 11.6 Å². The number of hydrogen-bond acceptors (Lipinski definition) is 1. The monoisotopic (exact) mass is 273 g/mol. The minimum Gasteiger partial charge on any atom is -0.306 e. The van der Waals surface area contributed by atoms with Gasteiger partial charge >= 0.3 is 0 Å². The van der Waals surface area contributed by atoms with E-state index in [1.54, 1.807) is 0 Å². The molecule has 2 rings (SSSR count). The van der Waals surface area contributed by atoms with Crippen molar-refractivity contribution in [2.45, 2.75) is 33.4 Å². The van der Waals surface area contributed by atoms with Gasteiger partial charge in [0.1, 0.15) is 0 Å². The summed E-state index contributed by atoms with van der Waals surface area (Å²) in [6, 6.07) is 15.1. The quantitative estimate of drug-likeness (QED) is 0.843. The Balaban J connectivity index is 2.00. The molecule has 1 atom stereocenters. The lowest BCUT2D eigenvalue weighted by Gasteiger charge is -2.15. The maximum atomic E-state index is 6.24. The molecule has 0 saturated heterocycles. The summed E-state index contributed by atoms with van der Waals surface area (Å²) in [5.41, 5.74) is 4.93. The predicted octanol–water partition coefficient (Wildman–Crippen LogP) is 4.81. The molecule has 0 heterocycles. The van der Waals surface area contributed by atoms with Crippen molar-refractivity contribution in [1.29, 1.82) is 0 Å². The first-order valence-electron chi connectivity index (χ1n) is 6.61. The van der Waals surface area contributed by atoms with Gasteiger partial charge < -0.3 is 5.32 Å². The van der Waals surface area contributed by atoms with E-state index >= 15 is 0 Å². The highest BCUT2D eigenvalue weighted by Crippen LogP contribution is 2.19. The number of hydrogen-bond donors (Lipinski definition) is 1. The van der Waals surface area contributed by atoms with Crippen LogP contribution in [0.2, 0.25) is 5.02 Å². The Morgan fingerprint density at radius 1 is 1.00 bits per heavy atom. The Labute approximate surface area is 120 Å². The van der Waals surface area contributed by atoms with Gasteiger partial charge in [0.05, 0.1) is 0 Å². The first kappa shape index (κ1) is 14.1. The Morgan fingerprint density at radius 3 is 2.26 bits per heavy atom. The normalized spacial score (nSPS) is 12.4. The van der Waals surface area contributed by atoms with Gasteiger partial charge in [-0.1, -0.05) is 53.6 Å². The van der Waals surface area contributed by atoms with Crippen LogP contribution in [0.25, 0.3) is 0 Å². The Hall–Kier alpha value is -1.31. The second-order valence-corrected chi connectivity index (χ2v) is 5.52. The highest BCUT2D eigenvalue weighted by molar-refractivity contribution is 6.31. The van der Waals surface area contributed by atoms with Crippen molar-refractivity contribution in [2.24, 2.45) is 0 Å². The van der Waals surface area contributed by atoms with Gasteiger partial charge in [-0.2, -0.15) is 0 Å². The van der Waals surface area contributed by atoms with E-state index in [0.717, 1.165) is 17.1 Å². The third-order valence-corrected chi connectivity index (χ3v) is 3.74. The Bertz CT molecular complexity index is 546. The summed E-state index contributed by atoms with van der Waals surface area (Å²) in [4.78, 5) is 0. The molecule has 0 amide bonds. The van der Waals surface area contributed by atoms with Crippen LogP contribution in [0.5, 0.6) is 0 Å². The van der Waals surface area contributed by atoms with Gasteiger partial charge in [-0.15, -0.1) is 0 Å². The van der Waals surface area contributed by atoms with Gasteiger partial charge in [0.15, 0.2) is 0 Å². The number of halogens is 1. The zero-order valence-electron chi connectivity index (χ0n) is 11.7. The van der Waals surface area contributed by atoms with Crippen LogP contribution < -0.4 is 5.32 Å². The number of nitrogens with one attached hydrogen (secondary N) is 1. The van der Waals surface area contributed by atoms with Crippen molar-refractivity contribution < 1.29 is 0 Å². The van der Waals surface area contributed by atoms with Crippen molar-refractivity contribution in [3.05, 3.63) is 69.7 Å². The average Bonchev–Trinajstić information content (AvgIpc) is 2.38. The minimum atomic E-state index is 0.318. The molecule has 1 N–H and O–H groups in total. The molecule has 0 aliphatic heterocycles. The summed E-state index contributed by atoms with van der Waals surface area (Å²) in [6.07, 6.45) is 0. The van der Waals surface area contributed by atoms with E-state index in [1.165, 1.54) is 16.7 Å². The summed E-state index contributed by atoms with van der Waals surface area (Å²) < 4.78 is 0. The summed E-state index contributed by atoms with van der Waals surface area (Å²) in [7, 11) is 0. The zero-order chi connectivity index (χ0) is 13.8. The molecule has 0 saturated carbocycles. The lowest BCUT2D eigenvalue weighted by atomic mass is 10.1. The lowest BCUT2D eigenvalue weighted by molar-refractivity contribution is 0.574.